The van der Waals surface area contributed by atoms with Gasteiger partial charge in [-0.05, 0) is 79.2 Å². The predicted molar refractivity (Wildman–Crippen MR) is 127 cm³/mol. The van der Waals surface area contributed by atoms with Crippen molar-refractivity contribution in [1.82, 2.24) is 9.80 Å². The number of ether oxygens (including phenoxy) is 1. The van der Waals surface area contributed by atoms with Crippen LogP contribution in [0.1, 0.15) is 27.9 Å². The van der Waals surface area contributed by atoms with Gasteiger partial charge in [-0.2, -0.15) is 0 Å². The van der Waals surface area contributed by atoms with Gasteiger partial charge in [-0.15, -0.1) is 0 Å². The van der Waals surface area contributed by atoms with Crippen molar-refractivity contribution >= 4 is 17.6 Å². The minimum atomic E-state index is -0.883. The van der Waals surface area contributed by atoms with Crippen LogP contribution in [-0.4, -0.2) is 47.1 Å². The smallest absolute Gasteiger partial charge is 0.335 e. The number of carbonyl (C=O) groups is 1. The van der Waals surface area contributed by atoms with Crippen molar-refractivity contribution in [2.24, 2.45) is 0 Å². The number of rotatable bonds is 7. The van der Waals surface area contributed by atoms with Gasteiger partial charge < -0.3 is 9.84 Å². The molecule has 1 fully saturated rings. The minimum Gasteiger partial charge on any atom is -0.478 e. The minimum absolute atomic E-state index is 0.334. The number of halogens is 1. The number of hydrogen-bond donors (Lipinski definition) is 1. The van der Waals surface area contributed by atoms with Gasteiger partial charge in [-0.25, -0.2) is 4.79 Å². The summed E-state index contributed by atoms with van der Waals surface area (Å²) in [4.78, 5) is 16.0. The first kappa shape index (κ1) is 22.3. The Morgan fingerprint density at radius 2 is 1.22 bits per heavy atom. The molecule has 4 rings (SSSR count). The molecular weight excluding hydrogens is 424 g/mol. The SMILES string of the molecule is O=C(O)c1ccc(CN2CCCN(Cc3ccc(Oc4ccc(Cl)cc4)cc3)CC2)cc1. The van der Waals surface area contributed by atoms with Crippen LogP contribution in [0.4, 0.5) is 0 Å². The Kier molecular flexibility index (Phi) is 7.43. The highest BCUT2D eigenvalue weighted by atomic mass is 35.5. The molecule has 0 bridgehead atoms. The molecule has 1 N–H and O–H groups in total. The monoisotopic (exact) mass is 450 g/mol. The lowest BCUT2D eigenvalue weighted by Gasteiger charge is -2.22. The van der Waals surface area contributed by atoms with Gasteiger partial charge in [0.2, 0.25) is 0 Å². The van der Waals surface area contributed by atoms with Crippen LogP contribution in [0.3, 0.4) is 0 Å². The molecule has 0 spiro atoms. The molecule has 32 heavy (non-hydrogen) atoms. The number of carboxylic acid groups (broad SMARTS) is 1. The van der Waals surface area contributed by atoms with Gasteiger partial charge in [0.05, 0.1) is 5.56 Å². The normalized spacial score (nSPS) is 15.3. The van der Waals surface area contributed by atoms with Gasteiger partial charge in [0.15, 0.2) is 0 Å². The van der Waals surface area contributed by atoms with Crippen LogP contribution < -0.4 is 4.74 Å². The lowest BCUT2D eigenvalue weighted by molar-refractivity contribution is 0.0697. The fraction of sp³-hybridized carbons (Fsp3) is 0.269. The molecule has 0 aromatic heterocycles. The highest BCUT2D eigenvalue weighted by Crippen LogP contribution is 2.24. The van der Waals surface area contributed by atoms with E-state index in [2.05, 4.69) is 21.9 Å². The predicted octanol–water partition coefficient (Wildman–Crippen LogP) is 5.54. The molecule has 3 aromatic carbocycles. The summed E-state index contributed by atoms with van der Waals surface area (Å²) in [6, 6.07) is 22.8. The van der Waals surface area contributed by atoms with Crippen LogP contribution in [0, 0.1) is 0 Å². The molecule has 0 amide bonds. The number of nitrogens with zero attached hydrogens (tertiary/aromatic N) is 2. The quantitative estimate of drug-likeness (QED) is 0.512. The van der Waals surface area contributed by atoms with Gasteiger partial charge in [-0.3, -0.25) is 9.80 Å². The van der Waals surface area contributed by atoms with E-state index in [1.54, 1.807) is 12.1 Å². The van der Waals surface area contributed by atoms with Gasteiger partial charge in [0.25, 0.3) is 0 Å². The molecule has 6 heteroatoms. The second-order valence-electron chi connectivity index (χ2n) is 8.11. The molecule has 1 heterocycles. The maximum atomic E-state index is 11.0. The zero-order valence-electron chi connectivity index (χ0n) is 17.9. The Hall–Kier alpha value is -2.86. The van der Waals surface area contributed by atoms with Crippen LogP contribution >= 0.6 is 11.6 Å². The van der Waals surface area contributed by atoms with Crippen LogP contribution in [0.2, 0.25) is 5.02 Å². The van der Waals surface area contributed by atoms with Crippen LogP contribution in [0.15, 0.2) is 72.8 Å². The van der Waals surface area contributed by atoms with E-state index >= 15 is 0 Å². The summed E-state index contributed by atoms with van der Waals surface area (Å²) in [5.74, 6) is 0.700. The molecule has 0 radical (unpaired) electrons. The largest absolute Gasteiger partial charge is 0.478 e. The van der Waals surface area contributed by atoms with Crippen molar-refractivity contribution in [1.29, 1.82) is 0 Å². The summed E-state index contributed by atoms with van der Waals surface area (Å²) in [6.45, 7) is 5.89. The summed E-state index contributed by atoms with van der Waals surface area (Å²) < 4.78 is 5.88. The number of hydrogen-bond acceptors (Lipinski definition) is 4. The standard InChI is InChI=1S/C26H27ClN2O3/c27-23-8-12-25(13-9-23)32-24-10-4-21(5-11-24)19-29-15-1-14-28(16-17-29)18-20-2-6-22(7-3-20)26(30)31/h2-13H,1,14-19H2,(H,30,31). The Morgan fingerprint density at radius 1 is 0.750 bits per heavy atom. The van der Waals surface area contributed by atoms with Crippen LogP contribution in [-0.2, 0) is 13.1 Å². The second kappa shape index (κ2) is 10.6. The van der Waals surface area contributed by atoms with Crippen molar-refractivity contribution in [2.45, 2.75) is 19.5 Å². The van der Waals surface area contributed by atoms with E-state index in [4.69, 9.17) is 21.4 Å². The molecule has 0 saturated carbocycles. The third-order valence-corrected chi connectivity index (χ3v) is 5.92. The average Bonchev–Trinajstić information content (AvgIpc) is 3.02. The molecule has 0 unspecified atom stereocenters. The highest BCUT2D eigenvalue weighted by molar-refractivity contribution is 6.30. The van der Waals surface area contributed by atoms with Crippen LogP contribution in [0.5, 0.6) is 11.5 Å². The fourth-order valence-electron chi connectivity index (χ4n) is 3.91. The van der Waals surface area contributed by atoms with E-state index in [9.17, 15) is 4.79 Å². The second-order valence-corrected chi connectivity index (χ2v) is 8.54. The fourth-order valence-corrected chi connectivity index (χ4v) is 4.04. The molecular formula is C26H27ClN2O3. The molecule has 0 atom stereocenters. The zero-order chi connectivity index (χ0) is 22.3. The first-order chi connectivity index (χ1) is 15.5. The van der Waals surface area contributed by atoms with Crippen LogP contribution in [0.25, 0.3) is 0 Å². The average molecular weight is 451 g/mol. The lowest BCUT2D eigenvalue weighted by atomic mass is 10.1. The zero-order valence-corrected chi connectivity index (χ0v) is 18.7. The maximum absolute atomic E-state index is 11.0. The molecule has 1 aliphatic heterocycles. The summed E-state index contributed by atoms with van der Waals surface area (Å²) in [6.07, 6.45) is 1.12. The van der Waals surface area contributed by atoms with Crippen molar-refractivity contribution < 1.29 is 14.6 Å². The number of benzene rings is 3. The third-order valence-electron chi connectivity index (χ3n) is 5.67. The first-order valence-corrected chi connectivity index (χ1v) is 11.2. The Labute approximate surface area is 193 Å². The van der Waals surface area contributed by atoms with E-state index in [-0.39, 0.29) is 0 Å². The van der Waals surface area contributed by atoms with E-state index in [0.29, 0.717) is 10.6 Å². The van der Waals surface area contributed by atoms with E-state index < -0.39 is 5.97 Å². The van der Waals surface area contributed by atoms with E-state index in [1.165, 1.54) is 5.56 Å². The highest BCUT2D eigenvalue weighted by Gasteiger charge is 2.15. The first-order valence-electron chi connectivity index (χ1n) is 10.8. The summed E-state index contributed by atoms with van der Waals surface area (Å²) in [5.41, 5.74) is 2.76. The van der Waals surface area contributed by atoms with E-state index in [0.717, 1.165) is 62.8 Å². The van der Waals surface area contributed by atoms with Gasteiger partial charge in [0, 0.05) is 31.2 Å². The van der Waals surface area contributed by atoms with Crippen molar-refractivity contribution in [3.63, 3.8) is 0 Å². The summed E-state index contributed by atoms with van der Waals surface area (Å²) >= 11 is 5.92. The molecule has 1 saturated heterocycles. The lowest BCUT2D eigenvalue weighted by Crippen LogP contribution is -2.30. The Morgan fingerprint density at radius 3 is 1.72 bits per heavy atom. The molecule has 1 aliphatic rings. The Balaban J connectivity index is 1.27. The summed E-state index contributed by atoms with van der Waals surface area (Å²) in [5, 5.41) is 9.74. The topological polar surface area (TPSA) is 53.0 Å². The Bertz CT molecular complexity index is 1020. The van der Waals surface area contributed by atoms with Gasteiger partial charge >= 0.3 is 5.97 Å². The molecule has 166 valence electrons. The van der Waals surface area contributed by atoms with Crippen molar-refractivity contribution in [2.75, 3.05) is 26.2 Å². The van der Waals surface area contributed by atoms with E-state index in [1.807, 2.05) is 48.5 Å². The molecule has 5 nitrogen and oxygen atoms in total. The number of carboxylic acids is 1. The summed E-state index contributed by atoms with van der Waals surface area (Å²) in [7, 11) is 0. The van der Waals surface area contributed by atoms with Gasteiger partial charge in [0.1, 0.15) is 11.5 Å². The van der Waals surface area contributed by atoms with Crippen molar-refractivity contribution in [3.05, 3.63) is 94.5 Å². The molecule has 3 aromatic rings. The van der Waals surface area contributed by atoms with Gasteiger partial charge in [-0.1, -0.05) is 35.9 Å². The third kappa shape index (κ3) is 6.33. The maximum Gasteiger partial charge on any atom is 0.335 e. The van der Waals surface area contributed by atoms with Crippen molar-refractivity contribution in [3.8, 4) is 11.5 Å². The molecule has 0 aliphatic carbocycles. The number of aromatic carboxylic acids is 1.